The summed E-state index contributed by atoms with van der Waals surface area (Å²) in [6.45, 7) is -1.24. The van der Waals surface area contributed by atoms with Gasteiger partial charge in [-0.1, -0.05) is 29.8 Å². The number of benzene rings is 1. The van der Waals surface area contributed by atoms with Crippen LogP contribution in [-0.4, -0.2) is 32.5 Å². The maximum atomic E-state index is 11.9. The number of hydrogen-bond donors (Lipinski definition) is 1. The molecule has 0 aliphatic carbocycles. The van der Waals surface area contributed by atoms with Crippen LogP contribution in [0.25, 0.3) is 0 Å². The fourth-order valence-electron chi connectivity index (χ4n) is 1.49. The monoisotopic (exact) mass is 281 g/mol. The Morgan fingerprint density at radius 3 is 2.56 bits per heavy atom. The van der Waals surface area contributed by atoms with Gasteiger partial charge in [0.25, 0.3) is 0 Å². The molecule has 0 saturated carbocycles. The van der Waals surface area contributed by atoms with Gasteiger partial charge in [-0.2, -0.15) is 13.2 Å². The first-order valence-electron chi connectivity index (χ1n) is 5.47. The lowest BCUT2D eigenvalue weighted by molar-refractivity contribution is -0.175. The summed E-state index contributed by atoms with van der Waals surface area (Å²) in [7, 11) is 1.68. The van der Waals surface area contributed by atoms with Gasteiger partial charge in [0.05, 0.1) is 6.61 Å². The topological polar surface area (TPSA) is 21.3 Å². The predicted molar refractivity (Wildman–Crippen MR) is 64.9 cm³/mol. The van der Waals surface area contributed by atoms with Gasteiger partial charge in [0, 0.05) is 11.1 Å². The zero-order chi connectivity index (χ0) is 13.6. The number of nitrogens with one attached hydrogen (secondary N) is 1. The van der Waals surface area contributed by atoms with Crippen LogP contribution in [0.1, 0.15) is 5.56 Å². The SMILES string of the molecule is CNC(COCC(F)(F)F)Cc1ccccc1Cl. The first kappa shape index (κ1) is 15.3. The third-order valence-corrected chi connectivity index (χ3v) is 2.79. The summed E-state index contributed by atoms with van der Waals surface area (Å²) >= 11 is 5.98. The highest BCUT2D eigenvalue weighted by molar-refractivity contribution is 6.31. The second kappa shape index (κ2) is 6.97. The van der Waals surface area contributed by atoms with Gasteiger partial charge in [0.2, 0.25) is 0 Å². The van der Waals surface area contributed by atoms with Crippen molar-refractivity contribution in [2.24, 2.45) is 0 Å². The molecular formula is C12H15ClF3NO. The number of alkyl halides is 3. The average Bonchev–Trinajstić information content (AvgIpc) is 2.29. The van der Waals surface area contributed by atoms with Crippen LogP contribution in [0.2, 0.25) is 5.02 Å². The summed E-state index contributed by atoms with van der Waals surface area (Å²) in [5, 5.41) is 3.52. The van der Waals surface area contributed by atoms with Gasteiger partial charge in [-0.25, -0.2) is 0 Å². The number of halogens is 4. The molecule has 18 heavy (non-hydrogen) atoms. The minimum Gasteiger partial charge on any atom is -0.370 e. The van der Waals surface area contributed by atoms with Gasteiger partial charge in [-0.05, 0) is 25.1 Å². The van der Waals surface area contributed by atoms with E-state index in [0.717, 1.165) is 5.56 Å². The summed E-state index contributed by atoms with van der Waals surface area (Å²) in [6, 6.07) is 7.04. The molecule has 6 heteroatoms. The Labute approximate surface area is 109 Å². The molecule has 0 radical (unpaired) electrons. The quantitative estimate of drug-likeness (QED) is 0.865. The van der Waals surface area contributed by atoms with Gasteiger partial charge in [-0.3, -0.25) is 0 Å². The van der Waals surface area contributed by atoms with E-state index in [2.05, 4.69) is 10.1 Å². The van der Waals surface area contributed by atoms with Crippen molar-refractivity contribution >= 4 is 11.6 Å². The van der Waals surface area contributed by atoms with E-state index >= 15 is 0 Å². The Balaban J connectivity index is 2.45. The van der Waals surface area contributed by atoms with Crippen molar-refractivity contribution in [3.8, 4) is 0 Å². The molecule has 2 nitrogen and oxygen atoms in total. The fraction of sp³-hybridized carbons (Fsp3) is 0.500. The average molecular weight is 282 g/mol. The zero-order valence-corrected chi connectivity index (χ0v) is 10.7. The molecular weight excluding hydrogens is 267 g/mol. The summed E-state index contributed by atoms with van der Waals surface area (Å²) in [4.78, 5) is 0. The van der Waals surface area contributed by atoms with Crippen LogP contribution in [0.15, 0.2) is 24.3 Å². The van der Waals surface area contributed by atoms with E-state index in [9.17, 15) is 13.2 Å². The Morgan fingerprint density at radius 1 is 1.33 bits per heavy atom. The molecule has 0 saturated heterocycles. The molecule has 0 aromatic heterocycles. The summed E-state index contributed by atoms with van der Waals surface area (Å²) in [5.41, 5.74) is 0.883. The number of hydrogen-bond acceptors (Lipinski definition) is 2. The molecule has 0 aliphatic heterocycles. The van der Waals surface area contributed by atoms with E-state index in [-0.39, 0.29) is 12.6 Å². The van der Waals surface area contributed by atoms with E-state index in [0.29, 0.717) is 11.4 Å². The summed E-state index contributed by atoms with van der Waals surface area (Å²) in [6.07, 6.45) is -3.77. The van der Waals surface area contributed by atoms with Crippen LogP contribution in [-0.2, 0) is 11.2 Å². The fourth-order valence-corrected chi connectivity index (χ4v) is 1.70. The largest absolute Gasteiger partial charge is 0.411 e. The predicted octanol–water partition coefficient (Wildman–Crippen LogP) is 3.05. The minimum absolute atomic E-state index is 0.0127. The van der Waals surface area contributed by atoms with E-state index in [4.69, 9.17) is 11.6 Å². The zero-order valence-electron chi connectivity index (χ0n) is 9.93. The van der Waals surface area contributed by atoms with Crippen LogP contribution >= 0.6 is 11.6 Å². The first-order valence-corrected chi connectivity index (χ1v) is 5.85. The minimum atomic E-state index is -4.29. The van der Waals surface area contributed by atoms with Gasteiger partial charge in [0.1, 0.15) is 6.61 Å². The molecule has 1 rings (SSSR count). The number of ether oxygens (including phenoxy) is 1. The lowest BCUT2D eigenvalue weighted by Gasteiger charge is -2.17. The van der Waals surface area contributed by atoms with E-state index in [1.54, 1.807) is 19.2 Å². The Hall–Kier alpha value is -0.780. The van der Waals surface area contributed by atoms with Crippen LogP contribution in [0.3, 0.4) is 0 Å². The maximum absolute atomic E-state index is 11.9. The van der Waals surface area contributed by atoms with Gasteiger partial charge in [-0.15, -0.1) is 0 Å². The highest BCUT2D eigenvalue weighted by Gasteiger charge is 2.27. The first-order chi connectivity index (χ1) is 8.42. The molecule has 102 valence electrons. The highest BCUT2D eigenvalue weighted by atomic mass is 35.5. The molecule has 0 bridgehead atoms. The number of rotatable bonds is 6. The van der Waals surface area contributed by atoms with Crippen LogP contribution in [0.5, 0.6) is 0 Å². The van der Waals surface area contributed by atoms with Crippen molar-refractivity contribution in [1.29, 1.82) is 0 Å². The summed E-state index contributed by atoms with van der Waals surface area (Å²) < 4.78 is 40.4. The third kappa shape index (κ3) is 5.71. The standard InChI is InChI=1S/C12H15ClF3NO/c1-17-10(7-18-8-12(14,15)16)6-9-4-2-3-5-11(9)13/h2-5,10,17H,6-8H2,1H3. The van der Waals surface area contributed by atoms with E-state index in [1.165, 1.54) is 0 Å². The molecule has 1 N–H and O–H groups in total. The van der Waals surface area contributed by atoms with Gasteiger partial charge >= 0.3 is 6.18 Å². The second-order valence-corrected chi connectivity index (χ2v) is 4.32. The van der Waals surface area contributed by atoms with Gasteiger partial charge in [0.15, 0.2) is 0 Å². The lowest BCUT2D eigenvalue weighted by atomic mass is 10.1. The van der Waals surface area contributed by atoms with Crippen molar-refractivity contribution in [3.05, 3.63) is 34.9 Å². The maximum Gasteiger partial charge on any atom is 0.411 e. The normalized spacial score (nSPS) is 13.6. The van der Waals surface area contributed by atoms with E-state index < -0.39 is 12.8 Å². The van der Waals surface area contributed by atoms with Crippen molar-refractivity contribution in [3.63, 3.8) is 0 Å². The number of likely N-dealkylation sites (N-methyl/N-ethyl adjacent to an activating group) is 1. The molecule has 1 unspecified atom stereocenters. The molecule has 1 aromatic rings. The van der Waals surface area contributed by atoms with E-state index in [1.807, 2.05) is 12.1 Å². The van der Waals surface area contributed by atoms with Crippen LogP contribution in [0.4, 0.5) is 13.2 Å². The lowest BCUT2D eigenvalue weighted by Crippen LogP contribution is -2.34. The smallest absolute Gasteiger partial charge is 0.370 e. The molecule has 0 fully saturated rings. The van der Waals surface area contributed by atoms with Crippen LogP contribution < -0.4 is 5.32 Å². The molecule has 1 atom stereocenters. The second-order valence-electron chi connectivity index (χ2n) is 3.91. The van der Waals surface area contributed by atoms with Crippen molar-refractivity contribution < 1.29 is 17.9 Å². The summed E-state index contributed by atoms with van der Waals surface area (Å²) in [5.74, 6) is 0. The molecule has 0 spiro atoms. The van der Waals surface area contributed by atoms with Gasteiger partial charge < -0.3 is 10.1 Å². The molecule has 0 amide bonds. The molecule has 0 heterocycles. The molecule has 1 aromatic carbocycles. The van der Waals surface area contributed by atoms with Crippen molar-refractivity contribution in [2.75, 3.05) is 20.3 Å². The Morgan fingerprint density at radius 2 is 2.00 bits per heavy atom. The Kier molecular flexibility index (Phi) is 5.91. The Bertz CT molecular complexity index is 371. The van der Waals surface area contributed by atoms with Crippen LogP contribution in [0, 0.1) is 0 Å². The van der Waals surface area contributed by atoms with Crippen molar-refractivity contribution in [2.45, 2.75) is 18.6 Å². The molecule has 0 aliphatic rings. The van der Waals surface area contributed by atoms with Crippen molar-refractivity contribution in [1.82, 2.24) is 5.32 Å². The third-order valence-electron chi connectivity index (χ3n) is 2.42. The highest BCUT2D eigenvalue weighted by Crippen LogP contribution is 2.18.